The Bertz CT molecular complexity index is 1140. The smallest absolute Gasteiger partial charge is 0.406 e. The SMILES string of the molecule is CNCC(CC1CCCCC1)NC(=O)c1cc(C(OCCNC(=O)OC)c2cccc(Cl)c2)cc2c1CCCO2. The van der Waals surface area contributed by atoms with Gasteiger partial charge in [-0.05, 0) is 67.6 Å². The fourth-order valence-electron chi connectivity index (χ4n) is 5.82. The molecule has 2 aliphatic rings. The van der Waals surface area contributed by atoms with Crippen molar-refractivity contribution in [2.24, 2.45) is 5.92 Å². The van der Waals surface area contributed by atoms with Crippen molar-refractivity contribution in [3.05, 3.63) is 63.7 Å². The van der Waals surface area contributed by atoms with Gasteiger partial charge in [0.25, 0.3) is 5.91 Å². The van der Waals surface area contributed by atoms with Crippen LogP contribution in [0, 0.1) is 5.92 Å². The topological polar surface area (TPSA) is 97.9 Å². The maximum atomic E-state index is 13.9. The Morgan fingerprint density at radius 1 is 1.10 bits per heavy atom. The molecule has 2 unspecified atom stereocenters. The number of carbonyl (C=O) groups excluding carboxylic acids is 2. The van der Waals surface area contributed by atoms with Crippen LogP contribution in [0.2, 0.25) is 5.02 Å². The average molecular weight is 572 g/mol. The lowest BCUT2D eigenvalue weighted by atomic mass is 9.84. The van der Waals surface area contributed by atoms with Crippen LogP contribution in [0.25, 0.3) is 0 Å². The van der Waals surface area contributed by atoms with E-state index in [4.69, 9.17) is 21.1 Å². The first-order chi connectivity index (χ1) is 19.5. The molecule has 1 heterocycles. The molecule has 0 aromatic heterocycles. The van der Waals surface area contributed by atoms with Crippen LogP contribution in [-0.4, -0.2) is 58.5 Å². The van der Waals surface area contributed by atoms with Gasteiger partial charge in [-0.25, -0.2) is 4.79 Å². The summed E-state index contributed by atoms with van der Waals surface area (Å²) in [4.78, 5) is 25.4. The molecule has 8 nitrogen and oxygen atoms in total. The average Bonchev–Trinajstić information content (AvgIpc) is 2.97. The first-order valence-electron chi connectivity index (χ1n) is 14.4. The van der Waals surface area contributed by atoms with Crippen LogP contribution in [0.4, 0.5) is 4.79 Å². The predicted octanol–water partition coefficient (Wildman–Crippen LogP) is 5.42. The number of benzene rings is 2. The molecule has 1 saturated carbocycles. The standard InChI is InChI=1S/C31H42ClN3O5/c1-33-20-25(16-21-8-4-3-5-9-21)35-30(36)27-18-23(19-28-26(27)12-7-14-39-28)29(22-10-6-11-24(32)17-22)40-15-13-34-31(37)38-2/h6,10-11,17-19,21,25,29,33H,3-5,7-9,12-16,20H2,1-2H3,(H,34,37)(H,35,36). The second-order valence-corrected chi connectivity index (χ2v) is 11.1. The van der Waals surface area contributed by atoms with Gasteiger partial charge in [0.2, 0.25) is 0 Å². The van der Waals surface area contributed by atoms with Gasteiger partial charge in [-0.3, -0.25) is 4.79 Å². The third-order valence-electron chi connectivity index (χ3n) is 7.73. The second-order valence-electron chi connectivity index (χ2n) is 10.7. The van der Waals surface area contributed by atoms with Crippen molar-refractivity contribution in [3.8, 4) is 5.75 Å². The third kappa shape index (κ3) is 8.35. The van der Waals surface area contributed by atoms with E-state index in [0.29, 0.717) is 23.1 Å². The van der Waals surface area contributed by atoms with E-state index >= 15 is 0 Å². The predicted molar refractivity (Wildman–Crippen MR) is 156 cm³/mol. The number of amides is 2. The number of hydrogen-bond donors (Lipinski definition) is 3. The van der Waals surface area contributed by atoms with Gasteiger partial charge in [-0.15, -0.1) is 0 Å². The number of likely N-dealkylation sites (N-methyl/N-ethyl adjacent to an activating group) is 1. The zero-order chi connectivity index (χ0) is 28.3. The van der Waals surface area contributed by atoms with E-state index in [2.05, 4.69) is 20.7 Å². The summed E-state index contributed by atoms with van der Waals surface area (Å²) in [5.74, 6) is 1.28. The van der Waals surface area contributed by atoms with Crippen molar-refractivity contribution in [3.63, 3.8) is 0 Å². The first-order valence-corrected chi connectivity index (χ1v) is 14.8. The molecule has 2 amide bonds. The molecule has 2 aromatic rings. The van der Waals surface area contributed by atoms with Gasteiger partial charge in [-0.1, -0.05) is 55.8 Å². The van der Waals surface area contributed by atoms with E-state index in [1.54, 1.807) is 0 Å². The molecular formula is C31H42ClN3O5. The lowest BCUT2D eigenvalue weighted by molar-refractivity contribution is 0.0801. The van der Waals surface area contributed by atoms with Crippen molar-refractivity contribution in [1.29, 1.82) is 0 Å². The summed E-state index contributed by atoms with van der Waals surface area (Å²) in [6.45, 7) is 1.83. The second kappa shape index (κ2) is 15.3. The Balaban J connectivity index is 1.61. The molecule has 9 heteroatoms. The molecule has 40 heavy (non-hydrogen) atoms. The number of alkyl carbamates (subject to hydrolysis) is 1. The van der Waals surface area contributed by atoms with Gasteiger partial charge < -0.3 is 30.2 Å². The molecule has 1 aliphatic heterocycles. The normalized spacial score (nSPS) is 16.8. The fourth-order valence-corrected chi connectivity index (χ4v) is 6.02. The molecule has 3 N–H and O–H groups in total. The van der Waals surface area contributed by atoms with Gasteiger partial charge in [0.15, 0.2) is 0 Å². The Hall–Kier alpha value is -2.81. The number of rotatable bonds is 12. The molecule has 218 valence electrons. The molecule has 1 aliphatic carbocycles. The van der Waals surface area contributed by atoms with Gasteiger partial charge in [0.1, 0.15) is 11.9 Å². The number of fused-ring (bicyclic) bond motifs is 1. The zero-order valence-electron chi connectivity index (χ0n) is 23.6. The molecule has 4 rings (SSSR count). The zero-order valence-corrected chi connectivity index (χ0v) is 24.4. The summed E-state index contributed by atoms with van der Waals surface area (Å²) in [5, 5.41) is 9.83. The van der Waals surface area contributed by atoms with E-state index in [1.807, 2.05) is 43.4 Å². The Labute approximate surface area is 242 Å². The molecule has 1 fully saturated rings. The highest BCUT2D eigenvalue weighted by Gasteiger charge is 2.27. The summed E-state index contributed by atoms with van der Waals surface area (Å²) in [6, 6.07) is 11.4. The lowest BCUT2D eigenvalue weighted by Crippen LogP contribution is -2.43. The molecule has 2 aromatic carbocycles. The summed E-state index contributed by atoms with van der Waals surface area (Å²) in [5.41, 5.74) is 3.20. The molecule has 0 saturated heterocycles. The highest BCUT2D eigenvalue weighted by Crippen LogP contribution is 2.36. The quantitative estimate of drug-likeness (QED) is 0.295. The van der Waals surface area contributed by atoms with E-state index in [0.717, 1.165) is 48.2 Å². The maximum absolute atomic E-state index is 13.9. The molecule has 2 atom stereocenters. The minimum atomic E-state index is -0.520. The van der Waals surface area contributed by atoms with Crippen molar-refractivity contribution >= 4 is 23.6 Å². The summed E-state index contributed by atoms with van der Waals surface area (Å²) in [6.07, 6.45) is 7.92. The Morgan fingerprint density at radius 2 is 1.93 bits per heavy atom. The summed E-state index contributed by atoms with van der Waals surface area (Å²) in [7, 11) is 3.25. The number of ether oxygens (including phenoxy) is 3. The van der Waals surface area contributed by atoms with Crippen molar-refractivity contribution in [1.82, 2.24) is 16.0 Å². The van der Waals surface area contributed by atoms with E-state index in [-0.39, 0.29) is 25.1 Å². The van der Waals surface area contributed by atoms with Crippen LogP contribution < -0.4 is 20.7 Å². The van der Waals surface area contributed by atoms with Crippen molar-refractivity contribution < 1.29 is 23.8 Å². The number of carbonyl (C=O) groups is 2. The number of halogens is 1. The van der Waals surface area contributed by atoms with E-state index < -0.39 is 12.2 Å². The molecule has 0 bridgehead atoms. The monoisotopic (exact) mass is 571 g/mol. The summed E-state index contributed by atoms with van der Waals surface area (Å²) < 4.78 is 17.0. The number of hydrogen-bond acceptors (Lipinski definition) is 6. The minimum absolute atomic E-state index is 0.0498. The van der Waals surface area contributed by atoms with Crippen LogP contribution in [0.15, 0.2) is 36.4 Å². The highest BCUT2D eigenvalue weighted by molar-refractivity contribution is 6.30. The van der Waals surface area contributed by atoms with Gasteiger partial charge in [0.05, 0.1) is 20.3 Å². The van der Waals surface area contributed by atoms with Crippen LogP contribution in [0.3, 0.4) is 0 Å². The van der Waals surface area contributed by atoms with Crippen LogP contribution in [-0.2, 0) is 15.9 Å². The molecular weight excluding hydrogens is 530 g/mol. The Kier molecular flexibility index (Phi) is 11.5. The minimum Gasteiger partial charge on any atom is -0.493 e. The van der Waals surface area contributed by atoms with Gasteiger partial charge >= 0.3 is 6.09 Å². The van der Waals surface area contributed by atoms with Crippen molar-refractivity contribution in [2.75, 3.05) is 40.5 Å². The summed E-state index contributed by atoms with van der Waals surface area (Å²) >= 11 is 6.34. The van der Waals surface area contributed by atoms with E-state index in [9.17, 15) is 9.59 Å². The lowest BCUT2D eigenvalue weighted by Gasteiger charge is -2.28. The number of methoxy groups -OCH3 is 1. The highest BCUT2D eigenvalue weighted by atomic mass is 35.5. The largest absolute Gasteiger partial charge is 0.493 e. The van der Waals surface area contributed by atoms with Crippen molar-refractivity contribution in [2.45, 2.75) is 63.5 Å². The van der Waals surface area contributed by atoms with Gasteiger partial charge in [0, 0.05) is 35.3 Å². The first kappa shape index (κ1) is 30.2. The fraction of sp³-hybridized carbons (Fsp3) is 0.548. The van der Waals surface area contributed by atoms with Crippen LogP contribution in [0.5, 0.6) is 5.75 Å². The number of nitrogens with one attached hydrogen (secondary N) is 3. The van der Waals surface area contributed by atoms with Crippen LogP contribution in [0.1, 0.15) is 78.1 Å². The van der Waals surface area contributed by atoms with Crippen LogP contribution >= 0.6 is 11.6 Å². The third-order valence-corrected chi connectivity index (χ3v) is 7.96. The Morgan fingerprint density at radius 3 is 2.67 bits per heavy atom. The van der Waals surface area contributed by atoms with Gasteiger partial charge in [-0.2, -0.15) is 0 Å². The van der Waals surface area contributed by atoms with E-state index in [1.165, 1.54) is 39.2 Å². The molecule has 0 spiro atoms. The maximum Gasteiger partial charge on any atom is 0.406 e. The molecule has 0 radical (unpaired) electrons.